The lowest BCUT2D eigenvalue weighted by molar-refractivity contribution is -0.384. The number of carbonyl (C=O) groups excluding carboxylic acids is 3. The van der Waals surface area contributed by atoms with E-state index in [0.717, 1.165) is 4.90 Å². The summed E-state index contributed by atoms with van der Waals surface area (Å²) < 4.78 is 10.4. The minimum Gasteiger partial charge on any atom is -0.497 e. The highest BCUT2D eigenvalue weighted by molar-refractivity contribution is 6.12. The van der Waals surface area contributed by atoms with E-state index < -0.39 is 34.9 Å². The van der Waals surface area contributed by atoms with E-state index in [0.29, 0.717) is 28.2 Å². The van der Waals surface area contributed by atoms with Gasteiger partial charge in [-0.2, -0.15) is 0 Å². The molecule has 1 fully saturated rings. The Balaban J connectivity index is 1.67. The Bertz CT molecular complexity index is 1320. The van der Waals surface area contributed by atoms with E-state index in [-0.39, 0.29) is 11.4 Å². The highest BCUT2D eigenvalue weighted by atomic mass is 16.6. The first-order valence-corrected chi connectivity index (χ1v) is 11.2. The van der Waals surface area contributed by atoms with Gasteiger partial charge >= 0.3 is 6.03 Å². The van der Waals surface area contributed by atoms with Crippen LogP contribution in [0.2, 0.25) is 0 Å². The number of methoxy groups -OCH3 is 2. The zero-order valence-corrected chi connectivity index (χ0v) is 20.3. The number of non-ortho nitro benzene ring substituents is 1. The molecule has 1 saturated heterocycles. The molecule has 0 bridgehead atoms. The number of hydrogen-bond donors (Lipinski definition) is 2. The van der Waals surface area contributed by atoms with Crippen LogP contribution in [0.15, 0.2) is 66.7 Å². The fourth-order valence-corrected chi connectivity index (χ4v) is 4.15. The minimum atomic E-state index is -1.60. The molecule has 4 amide bonds. The molecule has 1 aliphatic heterocycles. The normalized spacial score (nSPS) is 14.2. The molecule has 0 atom stereocenters. The van der Waals surface area contributed by atoms with Crippen LogP contribution in [0, 0.1) is 17.0 Å². The highest BCUT2D eigenvalue weighted by Gasteiger charge is 2.54. The number of imide groups is 1. The molecule has 2 N–H and O–H groups in total. The Hall–Kier alpha value is -4.93. The number of hydrogen-bond acceptors (Lipinski definition) is 7. The van der Waals surface area contributed by atoms with Crippen LogP contribution in [0.4, 0.5) is 16.2 Å². The maximum absolute atomic E-state index is 13.9. The molecule has 0 spiro atoms. The van der Waals surface area contributed by atoms with Crippen LogP contribution in [0.5, 0.6) is 11.5 Å². The lowest BCUT2D eigenvalue weighted by Gasteiger charge is -2.28. The number of ether oxygens (including phenoxy) is 2. The van der Waals surface area contributed by atoms with Crippen molar-refractivity contribution in [3.05, 3.63) is 93.5 Å². The number of nitro groups is 1. The Morgan fingerprint density at radius 1 is 0.973 bits per heavy atom. The van der Waals surface area contributed by atoms with Crippen molar-refractivity contribution in [3.8, 4) is 11.5 Å². The molecular formula is C26H24N4O7. The van der Waals surface area contributed by atoms with Crippen molar-refractivity contribution >= 4 is 29.2 Å². The summed E-state index contributed by atoms with van der Waals surface area (Å²) in [7, 11) is 3.03. The molecule has 0 saturated carbocycles. The molecule has 37 heavy (non-hydrogen) atoms. The summed E-state index contributed by atoms with van der Waals surface area (Å²) in [5.74, 6) is -0.214. The van der Waals surface area contributed by atoms with Crippen molar-refractivity contribution in [2.24, 2.45) is 0 Å². The van der Waals surface area contributed by atoms with E-state index in [1.54, 1.807) is 55.5 Å². The SMILES string of the molecule is COc1ccc(C2(c3ccc(OC)cc3)NC(=O)N(CC(=O)Nc3cc([N+](=O)[O-])ccc3C)C2=O)cc1. The van der Waals surface area contributed by atoms with Crippen LogP contribution in [0.1, 0.15) is 16.7 Å². The molecule has 0 aliphatic carbocycles. The van der Waals surface area contributed by atoms with Crippen LogP contribution < -0.4 is 20.1 Å². The Kier molecular flexibility index (Phi) is 6.79. The van der Waals surface area contributed by atoms with E-state index >= 15 is 0 Å². The van der Waals surface area contributed by atoms with Crippen molar-refractivity contribution in [1.29, 1.82) is 0 Å². The smallest absolute Gasteiger partial charge is 0.326 e. The number of anilines is 1. The molecule has 11 heteroatoms. The molecule has 0 unspecified atom stereocenters. The van der Waals surface area contributed by atoms with Crippen LogP contribution >= 0.6 is 0 Å². The molecular weight excluding hydrogens is 480 g/mol. The van der Waals surface area contributed by atoms with Gasteiger partial charge in [-0.05, 0) is 47.9 Å². The quantitative estimate of drug-likeness (QED) is 0.272. The molecule has 11 nitrogen and oxygen atoms in total. The first-order valence-electron chi connectivity index (χ1n) is 11.2. The third kappa shape index (κ3) is 4.66. The van der Waals surface area contributed by atoms with Crippen molar-refractivity contribution < 1.29 is 28.8 Å². The Morgan fingerprint density at radius 2 is 1.51 bits per heavy atom. The number of nitrogens with one attached hydrogen (secondary N) is 2. The van der Waals surface area contributed by atoms with Crippen molar-refractivity contribution in [2.75, 3.05) is 26.1 Å². The number of aryl methyl sites for hydroxylation is 1. The molecule has 3 aromatic carbocycles. The van der Waals surface area contributed by atoms with E-state index in [4.69, 9.17) is 9.47 Å². The third-order valence-corrected chi connectivity index (χ3v) is 6.16. The molecule has 190 valence electrons. The molecule has 1 aliphatic rings. The monoisotopic (exact) mass is 504 g/mol. The maximum atomic E-state index is 13.9. The molecule has 0 aromatic heterocycles. The van der Waals surface area contributed by atoms with Gasteiger partial charge in [0, 0.05) is 12.1 Å². The van der Waals surface area contributed by atoms with Crippen LogP contribution in [-0.2, 0) is 15.1 Å². The minimum absolute atomic E-state index is 0.200. The van der Waals surface area contributed by atoms with E-state index in [9.17, 15) is 24.5 Å². The first-order chi connectivity index (χ1) is 17.7. The molecule has 0 radical (unpaired) electrons. The summed E-state index contributed by atoms with van der Waals surface area (Å²) in [6.45, 7) is 1.08. The number of urea groups is 1. The number of nitrogens with zero attached hydrogens (tertiary/aromatic N) is 2. The maximum Gasteiger partial charge on any atom is 0.326 e. The lowest BCUT2D eigenvalue weighted by atomic mass is 9.82. The van der Waals surface area contributed by atoms with Gasteiger partial charge in [-0.1, -0.05) is 30.3 Å². The second-order valence-electron chi connectivity index (χ2n) is 8.33. The zero-order valence-electron chi connectivity index (χ0n) is 20.3. The van der Waals surface area contributed by atoms with Gasteiger partial charge in [-0.3, -0.25) is 24.6 Å². The molecule has 1 heterocycles. The van der Waals surface area contributed by atoms with Gasteiger partial charge in [0.25, 0.3) is 11.6 Å². The van der Waals surface area contributed by atoms with Gasteiger partial charge in [0.15, 0.2) is 5.54 Å². The number of rotatable bonds is 8. The number of benzene rings is 3. The molecule has 3 aromatic rings. The summed E-state index contributed by atoms with van der Waals surface area (Å²) in [5.41, 5.74) is -0.0700. The number of carbonyl (C=O) groups is 3. The number of nitro benzene ring substituents is 1. The Labute approximate surface area is 212 Å². The summed E-state index contributed by atoms with van der Waals surface area (Å²) >= 11 is 0. The Morgan fingerprint density at radius 3 is 2.00 bits per heavy atom. The highest BCUT2D eigenvalue weighted by Crippen LogP contribution is 2.37. The summed E-state index contributed by atoms with van der Waals surface area (Å²) in [6.07, 6.45) is 0. The van der Waals surface area contributed by atoms with Crippen molar-refractivity contribution in [3.63, 3.8) is 0 Å². The third-order valence-electron chi connectivity index (χ3n) is 6.16. The van der Waals surface area contributed by atoms with Crippen LogP contribution in [0.3, 0.4) is 0 Å². The fraction of sp³-hybridized carbons (Fsp3) is 0.192. The van der Waals surface area contributed by atoms with Gasteiger partial charge in [-0.25, -0.2) is 4.79 Å². The predicted octanol–water partition coefficient (Wildman–Crippen LogP) is 3.35. The summed E-state index contributed by atoms with van der Waals surface area (Å²) in [4.78, 5) is 51.1. The second-order valence-corrected chi connectivity index (χ2v) is 8.33. The standard InChI is InChI=1S/C26H24N4O7/c1-16-4-9-19(30(34)35)14-22(16)27-23(31)15-29-24(32)26(28-25(29)33,17-5-10-20(36-2)11-6-17)18-7-12-21(37-3)13-8-18/h4-14H,15H2,1-3H3,(H,27,31)(H,28,33). The lowest BCUT2D eigenvalue weighted by Crippen LogP contribution is -2.45. The van der Waals surface area contributed by atoms with E-state index in [1.165, 1.54) is 32.4 Å². The van der Waals surface area contributed by atoms with E-state index in [2.05, 4.69) is 10.6 Å². The zero-order chi connectivity index (χ0) is 26.7. The topological polar surface area (TPSA) is 140 Å². The van der Waals surface area contributed by atoms with Gasteiger partial charge in [-0.15, -0.1) is 0 Å². The van der Waals surface area contributed by atoms with E-state index in [1.807, 2.05) is 0 Å². The number of amides is 4. The summed E-state index contributed by atoms with van der Waals surface area (Å²) in [5, 5.41) is 16.4. The van der Waals surface area contributed by atoms with Gasteiger partial charge in [0.05, 0.1) is 24.8 Å². The fourth-order valence-electron chi connectivity index (χ4n) is 4.15. The molecule has 4 rings (SSSR count). The average molecular weight is 504 g/mol. The first kappa shape index (κ1) is 25.2. The van der Waals surface area contributed by atoms with Crippen LogP contribution in [0.25, 0.3) is 0 Å². The van der Waals surface area contributed by atoms with Crippen molar-refractivity contribution in [2.45, 2.75) is 12.5 Å². The largest absolute Gasteiger partial charge is 0.497 e. The second kappa shape index (κ2) is 9.97. The van der Waals surface area contributed by atoms with Gasteiger partial charge < -0.3 is 20.1 Å². The van der Waals surface area contributed by atoms with Crippen molar-refractivity contribution in [1.82, 2.24) is 10.2 Å². The van der Waals surface area contributed by atoms with Gasteiger partial charge in [0.1, 0.15) is 18.0 Å². The summed E-state index contributed by atoms with van der Waals surface area (Å²) in [6, 6.07) is 16.6. The average Bonchev–Trinajstić information content (AvgIpc) is 3.15. The van der Waals surface area contributed by atoms with Gasteiger partial charge in [0.2, 0.25) is 5.91 Å². The van der Waals surface area contributed by atoms with Crippen LogP contribution in [-0.4, -0.2) is 48.4 Å². The predicted molar refractivity (Wildman–Crippen MR) is 133 cm³/mol.